The summed E-state index contributed by atoms with van der Waals surface area (Å²) in [6.07, 6.45) is 9.97. The van der Waals surface area contributed by atoms with Crippen molar-refractivity contribution in [3.05, 3.63) is 0 Å². The van der Waals surface area contributed by atoms with E-state index in [9.17, 15) is 0 Å². The van der Waals surface area contributed by atoms with Crippen LogP contribution in [-0.2, 0) is 0 Å². The van der Waals surface area contributed by atoms with Crippen LogP contribution in [0, 0.1) is 11.3 Å². The summed E-state index contributed by atoms with van der Waals surface area (Å²) >= 11 is 2.10. The molecule has 2 aliphatic carbocycles. The number of thioether (sulfide) groups is 1. The minimum Gasteiger partial charge on any atom is -0.356 e. The number of nitrogens with one attached hydrogen (secondary N) is 2. The second kappa shape index (κ2) is 7.56. The summed E-state index contributed by atoms with van der Waals surface area (Å²) in [6.45, 7) is 2.20. The summed E-state index contributed by atoms with van der Waals surface area (Å²) in [5, 5.41) is 7.89. The van der Waals surface area contributed by atoms with Gasteiger partial charge in [0.15, 0.2) is 5.96 Å². The third-order valence-corrected chi connectivity index (χ3v) is 6.54. The lowest BCUT2D eigenvalue weighted by molar-refractivity contribution is 0.106. The molecule has 1 saturated heterocycles. The Morgan fingerprint density at radius 2 is 2.00 bits per heavy atom. The van der Waals surface area contributed by atoms with Gasteiger partial charge in [-0.2, -0.15) is 11.8 Å². The maximum atomic E-state index is 4.38. The van der Waals surface area contributed by atoms with Gasteiger partial charge in [0, 0.05) is 25.4 Å². The number of aliphatic imine (C=N–C) groups is 1. The quantitative estimate of drug-likeness (QED) is 0.416. The largest absolute Gasteiger partial charge is 0.356 e. The predicted octanol–water partition coefficient (Wildman–Crippen LogP) is 3.25. The maximum Gasteiger partial charge on any atom is 0.191 e. The number of hydrogen-bond acceptors (Lipinski definition) is 2. The minimum absolute atomic E-state index is 0. The third kappa shape index (κ3) is 3.96. The summed E-state index contributed by atoms with van der Waals surface area (Å²) < 4.78 is 0. The van der Waals surface area contributed by atoms with Gasteiger partial charge >= 0.3 is 0 Å². The van der Waals surface area contributed by atoms with Gasteiger partial charge in [0.1, 0.15) is 0 Å². The Kier molecular flexibility index (Phi) is 6.32. The van der Waals surface area contributed by atoms with Gasteiger partial charge in [-0.05, 0) is 55.6 Å². The Morgan fingerprint density at radius 1 is 1.20 bits per heavy atom. The summed E-state index contributed by atoms with van der Waals surface area (Å²) in [4.78, 5) is 4.38. The molecule has 3 rings (SSSR count). The van der Waals surface area contributed by atoms with Crippen LogP contribution >= 0.6 is 35.7 Å². The number of hydrogen-bond donors (Lipinski definition) is 2. The number of rotatable bonds is 5. The van der Waals surface area contributed by atoms with Crippen LogP contribution < -0.4 is 10.6 Å². The van der Waals surface area contributed by atoms with E-state index in [-0.39, 0.29) is 24.0 Å². The summed E-state index contributed by atoms with van der Waals surface area (Å²) in [5.74, 6) is 3.36. The lowest BCUT2D eigenvalue weighted by Crippen LogP contribution is -2.48. The Balaban J connectivity index is 0.00000147. The molecule has 1 heterocycles. The SMILES string of the molecule is CN=C(NCC1CCCS1)NCC1(C2CC2)CCC1.I. The van der Waals surface area contributed by atoms with E-state index in [1.807, 2.05) is 7.05 Å². The summed E-state index contributed by atoms with van der Waals surface area (Å²) in [7, 11) is 1.89. The molecule has 0 radical (unpaired) electrons. The first kappa shape index (κ1) is 16.7. The van der Waals surface area contributed by atoms with Crippen molar-refractivity contribution in [3.8, 4) is 0 Å². The monoisotopic (exact) mass is 409 g/mol. The number of halogens is 1. The second-order valence-electron chi connectivity index (χ2n) is 6.43. The van der Waals surface area contributed by atoms with E-state index in [0.717, 1.165) is 30.2 Å². The van der Waals surface area contributed by atoms with Crippen molar-refractivity contribution in [2.75, 3.05) is 25.9 Å². The van der Waals surface area contributed by atoms with Gasteiger partial charge in [0.05, 0.1) is 0 Å². The topological polar surface area (TPSA) is 36.4 Å². The van der Waals surface area contributed by atoms with E-state index in [0.29, 0.717) is 5.41 Å². The lowest BCUT2D eigenvalue weighted by atomic mass is 9.65. The highest BCUT2D eigenvalue weighted by atomic mass is 127. The van der Waals surface area contributed by atoms with Crippen molar-refractivity contribution in [3.63, 3.8) is 0 Å². The molecule has 3 fully saturated rings. The zero-order valence-corrected chi connectivity index (χ0v) is 15.6. The van der Waals surface area contributed by atoms with Crippen LogP contribution in [0.1, 0.15) is 44.9 Å². The number of guanidine groups is 1. The van der Waals surface area contributed by atoms with E-state index in [4.69, 9.17) is 0 Å². The Hall–Kier alpha value is 0.350. The zero-order valence-electron chi connectivity index (χ0n) is 12.5. The molecule has 2 N–H and O–H groups in total. The fourth-order valence-corrected chi connectivity index (χ4v) is 4.75. The Bertz CT molecular complexity index is 334. The maximum absolute atomic E-state index is 4.38. The van der Waals surface area contributed by atoms with Crippen LogP contribution in [0.3, 0.4) is 0 Å². The van der Waals surface area contributed by atoms with E-state index >= 15 is 0 Å². The molecular weight excluding hydrogens is 381 g/mol. The highest BCUT2D eigenvalue weighted by Gasteiger charge is 2.48. The highest BCUT2D eigenvalue weighted by molar-refractivity contribution is 14.0. The van der Waals surface area contributed by atoms with Crippen LogP contribution in [0.2, 0.25) is 0 Å². The second-order valence-corrected chi connectivity index (χ2v) is 7.84. The molecule has 0 aromatic carbocycles. The molecule has 0 amide bonds. The fourth-order valence-electron chi connectivity index (χ4n) is 3.55. The van der Waals surface area contributed by atoms with Gasteiger partial charge in [-0.25, -0.2) is 0 Å². The van der Waals surface area contributed by atoms with Gasteiger partial charge in [-0.15, -0.1) is 24.0 Å². The molecule has 3 nitrogen and oxygen atoms in total. The van der Waals surface area contributed by atoms with Crippen LogP contribution in [0.15, 0.2) is 4.99 Å². The lowest BCUT2D eigenvalue weighted by Gasteiger charge is -2.43. The van der Waals surface area contributed by atoms with Gasteiger partial charge < -0.3 is 10.6 Å². The normalized spacial score (nSPS) is 28.4. The third-order valence-electron chi connectivity index (χ3n) is 5.15. The molecule has 1 unspecified atom stereocenters. The molecule has 2 saturated carbocycles. The first-order chi connectivity index (χ1) is 9.32. The van der Waals surface area contributed by atoms with E-state index in [1.54, 1.807) is 0 Å². The van der Waals surface area contributed by atoms with Crippen molar-refractivity contribution < 1.29 is 0 Å². The van der Waals surface area contributed by atoms with Gasteiger partial charge in [0.2, 0.25) is 0 Å². The first-order valence-corrected chi connectivity index (χ1v) is 8.93. The highest BCUT2D eigenvalue weighted by Crippen LogP contribution is 2.56. The molecule has 0 spiro atoms. The Labute approximate surface area is 144 Å². The standard InChI is InChI=1S/C15H27N3S.HI/c1-16-14(17-10-13-4-2-9-19-13)18-11-15(7-3-8-15)12-5-6-12;/h12-13H,2-11H2,1H3,(H2,16,17,18);1H. The molecule has 20 heavy (non-hydrogen) atoms. The van der Waals surface area contributed by atoms with Crippen LogP contribution in [0.5, 0.6) is 0 Å². The van der Waals surface area contributed by atoms with Gasteiger partial charge in [-0.1, -0.05) is 6.42 Å². The van der Waals surface area contributed by atoms with E-state index < -0.39 is 0 Å². The molecular formula is C15H28IN3S. The summed E-state index contributed by atoms with van der Waals surface area (Å²) in [5.41, 5.74) is 0.625. The molecule has 5 heteroatoms. The molecule has 0 aromatic heterocycles. The summed E-state index contributed by atoms with van der Waals surface area (Å²) in [6, 6.07) is 0. The van der Waals surface area contributed by atoms with Crippen molar-refractivity contribution in [1.29, 1.82) is 0 Å². The van der Waals surface area contributed by atoms with E-state index in [2.05, 4.69) is 27.4 Å². The van der Waals surface area contributed by atoms with Crippen molar-refractivity contribution in [2.24, 2.45) is 16.3 Å². The predicted molar refractivity (Wildman–Crippen MR) is 99.3 cm³/mol. The molecule has 116 valence electrons. The van der Waals surface area contributed by atoms with Crippen LogP contribution in [0.25, 0.3) is 0 Å². The first-order valence-electron chi connectivity index (χ1n) is 7.88. The van der Waals surface area contributed by atoms with Gasteiger partial charge in [0.25, 0.3) is 0 Å². The molecule has 0 aromatic rings. The van der Waals surface area contributed by atoms with Crippen molar-refractivity contribution in [1.82, 2.24) is 10.6 Å². The average Bonchev–Trinajstić information content (AvgIpc) is 3.08. The zero-order chi connectivity index (χ0) is 13.1. The van der Waals surface area contributed by atoms with Crippen LogP contribution in [-0.4, -0.2) is 37.1 Å². The number of nitrogens with zero attached hydrogens (tertiary/aromatic N) is 1. The smallest absolute Gasteiger partial charge is 0.191 e. The molecule has 3 aliphatic rings. The molecule has 1 aliphatic heterocycles. The minimum atomic E-state index is 0. The molecule has 0 bridgehead atoms. The van der Waals surface area contributed by atoms with Gasteiger partial charge in [-0.3, -0.25) is 4.99 Å². The van der Waals surface area contributed by atoms with Crippen LogP contribution in [0.4, 0.5) is 0 Å². The van der Waals surface area contributed by atoms with Crippen molar-refractivity contribution in [2.45, 2.75) is 50.2 Å². The molecule has 1 atom stereocenters. The average molecular weight is 409 g/mol. The van der Waals surface area contributed by atoms with Crippen molar-refractivity contribution >= 4 is 41.7 Å². The van der Waals surface area contributed by atoms with E-state index in [1.165, 1.54) is 50.7 Å². The fraction of sp³-hybridized carbons (Fsp3) is 0.933. The Morgan fingerprint density at radius 3 is 2.50 bits per heavy atom.